The van der Waals surface area contributed by atoms with Crippen LogP contribution in [0, 0.1) is 5.82 Å². The zero-order valence-corrected chi connectivity index (χ0v) is 16.9. The van der Waals surface area contributed by atoms with Gasteiger partial charge < -0.3 is 15.7 Å². The van der Waals surface area contributed by atoms with Gasteiger partial charge in [-0.05, 0) is 31.0 Å². The predicted molar refractivity (Wildman–Crippen MR) is 108 cm³/mol. The van der Waals surface area contributed by atoms with Crippen LogP contribution in [0.25, 0.3) is 0 Å². The second kappa shape index (κ2) is 9.81. The average molecular weight is 474 g/mol. The molecule has 9 heteroatoms. The SMILES string of the molecule is CCNC(=NCC(O)c1cccc(F)c1)NC1CCc2ncnn2C1.I. The van der Waals surface area contributed by atoms with Crippen molar-refractivity contribution in [2.75, 3.05) is 13.1 Å². The first kappa shape index (κ1) is 20.6. The summed E-state index contributed by atoms with van der Waals surface area (Å²) >= 11 is 0. The smallest absolute Gasteiger partial charge is 0.191 e. The Kier molecular flexibility index (Phi) is 7.76. The number of aliphatic imine (C=N–C) groups is 1. The van der Waals surface area contributed by atoms with Crippen molar-refractivity contribution in [1.82, 2.24) is 25.4 Å². The average Bonchev–Trinajstić information content (AvgIpc) is 3.07. The van der Waals surface area contributed by atoms with E-state index in [0.717, 1.165) is 25.2 Å². The van der Waals surface area contributed by atoms with Crippen molar-refractivity contribution in [2.24, 2.45) is 4.99 Å². The van der Waals surface area contributed by atoms with Crippen molar-refractivity contribution in [3.8, 4) is 0 Å². The molecule has 7 nitrogen and oxygen atoms in total. The number of nitrogens with one attached hydrogen (secondary N) is 2. The molecule has 26 heavy (non-hydrogen) atoms. The number of aromatic nitrogens is 3. The van der Waals surface area contributed by atoms with E-state index in [1.807, 2.05) is 11.6 Å². The van der Waals surface area contributed by atoms with Crippen LogP contribution in [-0.4, -0.2) is 45.0 Å². The Labute approximate surface area is 169 Å². The number of hydrogen-bond donors (Lipinski definition) is 3. The zero-order chi connectivity index (χ0) is 17.6. The highest BCUT2D eigenvalue weighted by molar-refractivity contribution is 14.0. The molecule has 3 N–H and O–H groups in total. The Hall–Kier alpha value is -1.75. The summed E-state index contributed by atoms with van der Waals surface area (Å²) in [5.41, 5.74) is 0.518. The number of aliphatic hydroxyl groups is 1. The molecule has 0 saturated carbocycles. The van der Waals surface area contributed by atoms with Gasteiger partial charge in [0.1, 0.15) is 18.0 Å². The van der Waals surface area contributed by atoms with Crippen LogP contribution in [0.4, 0.5) is 4.39 Å². The first-order chi connectivity index (χ1) is 12.2. The summed E-state index contributed by atoms with van der Waals surface area (Å²) in [4.78, 5) is 8.66. The lowest BCUT2D eigenvalue weighted by atomic mass is 10.1. The van der Waals surface area contributed by atoms with Crippen molar-refractivity contribution < 1.29 is 9.50 Å². The molecule has 0 fully saturated rings. The molecule has 1 aliphatic heterocycles. The van der Waals surface area contributed by atoms with Crippen LogP contribution in [0.3, 0.4) is 0 Å². The summed E-state index contributed by atoms with van der Waals surface area (Å²) in [5, 5.41) is 21.0. The third kappa shape index (κ3) is 5.37. The number of hydrogen-bond acceptors (Lipinski definition) is 4. The number of nitrogens with zero attached hydrogens (tertiary/aromatic N) is 4. The van der Waals surface area contributed by atoms with E-state index in [0.29, 0.717) is 18.1 Å². The zero-order valence-electron chi connectivity index (χ0n) is 14.6. The van der Waals surface area contributed by atoms with Gasteiger partial charge in [-0.3, -0.25) is 4.99 Å². The van der Waals surface area contributed by atoms with Gasteiger partial charge in [0.15, 0.2) is 5.96 Å². The molecule has 2 aromatic rings. The van der Waals surface area contributed by atoms with E-state index >= 15 is 0 Å². The molecule has 0 bridgehead atoms. The third-order valence-corrected chi connectivity index (χ3v) is 4.15. The lowest BCUT2D eigenvalue weighted by molar-refractivity contribution is 0.186. The minimum absolute atomic E-state index is 0. The molecular weight excluding hydrogens is 450 g/mol. The Morgan fingerprint density at radius 1 is 1.50 bits per heavy atom. The topological polar surface area (TPSA) is 87.4 Å². The fraction of sp³-hybridized carbons (Fsp3) is 0.471. The summed E-state index contributed by atoms with van der Waals surface area (Å²) < 4.78 is 15.2. The fourth-order valence-electron chi connectivity index (χ4n) is 2.87. The van der Waals surface area contributed by atoms with E-state index in [9.17, 15) is 9.50 Å². The largest absolute Gasteiger partial charge is 0.386 e. The lowest BCUT2D eigenvalue weighted by Crippen LogP contribution is -2.47. The normalized spacial score (nSPS) is 17.8. The summed E-state index contributed by atoms with van der Waals surface area (Å²) in [7, 11) is 0. The molecule has 0 amide bonds. The molecule has 1 aliphatic rings. The number of fused-ring (bicyclic) bond motifs is 1. The molecular formula is C17H24FIN6O. The second-order valence-electron chi connectivity index (χ2n) is 6.03. The van der Waals surface area contributed by atoms with E-state index in [1.54, 1.807) is 18.5 Å². The minimum Gasteiger partial charge on any atom is -0.386 e. The predicted octanol–water partition coefficient (Wildman–Crippen LogP) is 1.64. The van der Waals surface area contributed by atoms with Crippen molar-refractivity contribution in [3.63, 3.8) is 0 Å². The molecule has 1 aromatic carbocycles. The number of aryl methyl sites for hydroxylation is 1. The standard InChI is InChI=1S/C17H23FN6O.HI/c1-2-19-17(20-9-15(25)12-4-3-5-13(18)8-12)23-14-6-7-16-21-11-22-24(16)10-14;/h3-5,8,11,14-15,25H,2,6-7,9-10H2,1H3,(H2,19,20,23);1H. The maximum absolute atomic E-state index is 13.3. The van der Waals surface area contributed by atoms with Crippen LogP contribution >= 0.6 is 24.0 Å². The highest BCUT2D eigenvalue weighted by Crippen LogP contribution is 2.14. The number of rotatable bonds is 5. The van der Waals surface area contributed by atoms with Gasteiger partial charge in [0.25, 0.3) is 0 Å². The monoisotopic (exact) mass is 474 g/mol. The minimum atomic E-state index is -0.848. The van der Waals surface area contributed by atoms with Crippen molar-refractivity contribution in [3.05, 3.63) is 47.8 Å². The highest BCUT2D eigenvalue weighted by Gasteiger charge is 2.20. The summed E-state index contributed by atoms with van der Waals surface area (Å²) in [6.07, 6.45) is 2.53. The number of aliphatic hydroxyl groups excluding tert-OH is 1. The van der Waals surface area contributed by atoms with Crippen LogP contribution in [0.15, 0.2) is 35.6 Å². The van der Waals surface area contributed by atoms with Crippen molar-refractivity contribution in [2.45, 2.75) is 38.5 Å². The molecule has 0 radical (unpaired) electrons. The molecule has 0 spiro atoms. The Bertz CT molecular complexity index is 738. The molecule has 142 valence electrons. The van der Waals surface area contributed by atoms with Crippen LogP contribution < -0.4 is 10.6 Å². The number of guanidine groups is 1. The molecule has 0 aliphatic carbocycles. The Morgan fingerprint density at radius 2 is 2.35 bits per heavy atom. The third-order valence-electron chi connectivity index (χ3n) is 4.15. The van der Waals surface area contributed by atoms with E-state index in [1.165, 1.54) is 12.1 Å². The second-order valence-corrected chi connectivity index (χ2v) is 6.03. The maximum Gasteiger partial charge on any atom is 0.191 e. The first-order valence-electron chi connectivity index (χ1n) is 8.50. The van der Waals surface area contributed by atoms with Gasteiger partial charge in [-0.25, -0.2) is 14.1 Å². The fourth-order valence-corrected chi connectivity index (χ4v) is 2.87. The van der Waals surface area contributed by atoms with E-state index in [4.69, 9.17) is 0 Å². The lowest BCUT2D eigenvalue weighted by Gasteiger charge is -2.25. The van der Waals surface area contributed by atoms with E-state index in [-0.39, 0.29) is 42.4 Å². The van der Waals surface area contributed by atoms with Gasteiger partial charge >= 0.3 is 0 Å². The first-order valence-corrected chi connectivity index (χ1v) is 8.50. The van der Waals surface area contributed by atoms with Crippen LogP contribution in [0.1, 0.15) is 30.8 Å². The van der Waals surface area contributed by atoms with Crippen LogP contribution in [0.2, 0.25) is 0 Å². The van der Waals surface area contributed by atoms with Crippen LogP contribution in [0.5, 0.6) is 0 Å². The molecule has 2 heterocycles. The Balaban J connectivity index is 0.00000243. The quantitative estimate of drug-likeness (QED) is 0.349. The Morgan fingerprint density at radius 3 is 3.12 bits per heavy atom. The summed E-state index contributed by atoms with van der Waals surface area (Å²) in [5.74, 6) is 1.27. The van der Waals surface area contributed by atoms with Gasteiger partial charge in [-0.2, -0.15) is 5.10 Å². The maximum atomic E-state index is 13.3. The molecule has 3 rings (SSSR count). The number of halogens is 2. The van der Waals surface area contributed by atoms with Gasteiger partial charge in [-0.1, -0.05) is 12.1 Å². The van der Waals surface area contributed by atoms with Gasteiger partial charge in [0.05, 0.1) is 19.2 Å². The molecule has 2 unspecified atom stereocenters. The van der Waals surface area contributed by atoms with Gasteiger partial charge in [0.2, 0.25) is 0 Å². The molecule has 1 aromatic heterocycles. The van der Waals surface area contributed by atoms with Gasteiger partial charge in [0, 0.05) is 19.0 Å². The number of benzene rings is 1. The van der Waals surface area contributed by atoms with Gasteiger partial charge in [-0.15, -0.1) is 24.0 Å². The summed E-state index contributed by atoms with van der Waals surface area (Å²) in [6, 6.07) is 6.15. The molecule has 2 atom stereocenters. The molecule has 0 saturated heterocycles. The van der Waals surface area contributed by atoms with Crippen LogP contribution in [-0.2, 0) is 13.0 Å². The summed E-state index contributed by atoms with van der Waals surface area (Å²) in [6.45, 7) is 3.58. The van der Waals surface area contributed by atoms with E-state index in [2.05, 4.69) is 25.7 Å². The van der Waals surface area contributed by atoms with Crippen molar-refractivity contribution >= 4 is 29.9 Å². The van der Waals surface area contributed by atoms with E-state index < -0.39 is 6.10 Å². The van der Waals surface area contributed by atoms with Crippen molar-refractivity contribution in [1.29, 1.82) is 0 Å². The highest BCUT2D eigenvalue weighted by atomic mass is 127.